The highest BCUT2D eigenvalue weighted by atomic mass is 35.5. The van der Waals surface area contributed by atoms with Crippen LogP contribution in [0.4, 0.5) is 4.39 Å². The molecule has 10 nitrogen and oxygen atoms in total. The molecular weight excluding hydrogens is 707 g/mol. The van der Waals surface area contributed by atoms with E-state index >= 15 is 4.39 Å². The zero-order valence-corrected chi connectivity index (χ0v) is 31.2. The number of carbonyl (C=O) groups is 3. The van der Waals surface area contributed by atoms with E-state index in [1.54, 1.807) is 24.3 Å². The fraction of sp³-hybridized carbons (Fsp3) is 0.476. The molecule has 2 aromatic rings. The van der Waals surface area contributed by atoms with E-state index in [2.05, 4.69) is 50.4 Å². The second-order valence-electron chi connectivity index (χ2n) is 15.4. The molecule has 1 saturated carbocycles. The van der Waals surface area contributed by atoms with Gasteiger partial charge in [-0.15, -0.1) is 0 Å². The zero-order chi connectivity index (χ0) is 37.3. The van der Waals surface area contributed by atoms with Crippen LogP contribution in [0.1, 0.15) is 84.8 Å². The van der Waals surface area contributed by atoms with Gasteiger partial charge in [-0.3, -0.25) is 24.6 Å². The third-order valence-corrected chi connectivity index (χ3v) is 12.5. The van der Waals surface area contributed by atoms with Crippen molar-refractivity contribution in [1.29, 1.82) is 5.26 Å². The molecule has 6 aliphatic rings. The lowest BCUT2D eigenvalue weighted by Gasteiger charge is -2.46. The fourth-order valence-electron chi connectivity index (χ4n) is 9.15. The second kappa shape index (κ2) is 15.6. The van der Waals surface area contributed by atoms with Crippen LogP contribution in [0.25, 0.3) is 5.57 Å². The smallest absolute Gasteiger partial charge is 0.255 e. The van der Waals surface area contributed by atoms with Crippen molar-refractivity contribution in [3.05, 3.63) is 93.6 Å². The molecule has 282 valence electrons. The van der Waals surface area contributed by atoms with Crippen molar-refractivity contribution in [2.24, 2.45) is 5.92 Å². The standard InChI is InChI=1S/C42H46ClFN6O4/c43-36-23-32(7-4-29(36)24-45)54-31-8-5-30(6-9-31)49-18-2-1-3-39(49)48-21-14-27(15-22-48)25-47-19-16-28(17-20-47)33-10-11-34-35(40(33)44)26-50(42(34)53)37-12-13-38(51)46-41(37)52/h1-4,7,10-11,16,23,27,30-31,37H,5-6,8-9,12-15,17-22,25-26H2,(H,46,51,52). The number of hydrogen-bond donors (Lipinski definition) is 1. The van der Waals surface area contributed by atoms with Crippen LogP contribution in [0.15, 0.2) is 60.5 Å². The van der Waals surface area contributed by atoms with Crippen LogP contribution in [-0.2, 0) is 16.1 Å². The van der Waals surface area contributed by atoms with Crippen molar-refractivity contribution in [2.75, 3.05) is 39.3 Å². The average Bonchev–Trinajstić information content (AvgIpc) is 3.52. The summed E-state index contributed by atoms with van der Waals surface area (Å²) in [5.74, 6) is 1.10. The van der Waals surface area contributed by atoms with Gasteiger partial charge in [-0.25, -0.2) is 4.39 Å². The molecular formula is C42H46ClFN6O4. The molecule has 0 bridgehead atoms. The molecule has 1 aliphatic carbocycles. The van der Waals surface area contributed by atoms with Crippen LogP contribution in [0.5, 0.6) is 5.75 Å². The molecule has 5 heterocycles. The molecule has 5 aliphatic heterocycles. The minimum absolute atomic E-state index is 0.0380. The van der Waals surface area contributed by atoms with Crippen LogP contribution in [0.3, 0.4) is 0 Å². The number of allylic oxidation sites excluding steroid dienone is 2. The van der Waals surface area contributed by atoms with Gasteiger partial charge in [-0.05, 0) is 87.1 Å². The molecule has 0 spiro atoms. The number of nitrogens with one attached hydrogen (secondary N) is 1. The monoisotopic (exact) mass is 752 g/mol. The van der Waals surface area contributed by atoms with Gasteiger partial charge in [0, 0.05) is 74.5 Å². The van der Waals surface area contributed by atoms with Crippen molar-refractivity contribution in [3.8, 4) is 11.8 Å². The lowest BCUT2D eigenvalue weighted by atomic mass is 9.90. The Labute approximate surface area is 320 Å². The number of halogens is 2. The summed E-state index contributed by atoms with van der Waals surface area (Å²) < 4.78 is 22.2. The van der Waals surface area contributed by atoms with E-state index in [-0.39, 0.29) is 43.1 Å². The number of amides is 3. The van der Waals surface area contributed by atoms with Crippen molar-refractivity contribution < 1.29 is 23.5 Å². The van der Waals surface area contributed by atoms with Crippen molar-refractivity contribution in [2.45, 2.75) is 82.5 Å². The summed E-state index contributed by atoms with van der Waals surface area (Å²) in [5, 5.41) is 11.9. The minimum atomic E-state index is -0.760. The molecule has 12 heteroatoms. The Hall–Kier alpha value is -4.66. The number of ether oxygens (including phenoxy) is 1. The molecule has 3 fully saturated rings. The summed E-state index contributed by atoms with van der Waals surface area (Å²) in [6.45, 7) is 5.67. The Morgan fingerprint density at radius 1 is 0.926 bits per heavy atom. The summed E-state index contributed by atoms with van der Waals surface area (Å²) in [4.78, 5) is 46.2. The number of likely N-dealkylation sites (tertiary alicyclic amines) is 1. The molecule has 1 unspecified atom stereocenters. The number of piperidine rings is 2. The number of rotatable bonds is 8. The first-order valence-corrected chi connectivity index (χ1v) is 19.8. The first-order chi connectivity index (χ1) is 26.2. The van der Waals surface area contributed by atoms with E-state index in [1.807, 2.05) is 6.07 Å². The van der Waals surface area contributed by atoms with Crippen molar-refractivity contribution in [1.82, 2.24) is 24.9 Å². The van der Waals surface area contributed by atoms with E-state index in [0.717, 1.165) is 95.5 Å². The summed E-state index contributed by atoms with van der Waals surface area (Å²) in [7, 11) is 0. The SMILES string of the molecule is N#Cc1ccc(OC2CCC(N3CC=CC=C3N3CCC(CN4CC=C(c5ccc6c(c5F)CN(C5CCC(=O)NC5=O)C6=O)CC4)CC3)CC2)cc1Cl. The number of carbonyl (C=O) groups excluding carboxylic acids is 3. The highest BCUT2D eigenvalue weighted by Gasteiger charge is 2.41. The number of imide groups is 1. The van der Waals surface area contributed by atoms with Gasteiger partial charge in [0.15, 0.2) is 0 Å². The number of nitriles is 1. The van der Waals surface area contributed by atoms with Gasteiger partial charge in [-0.2, -0.15) is 5.26 Å². The Morgan fingerprint density at radius 3 is 2.44 bits per heavy atom. The summed E-state index contributed by atoms with van der Waals surface area (Å²) in [6, 6.07) is 10.5. The van der Waals surface area contributed by atoms with Crippen LogP contribution < -0.4 is 10.1 Å². The maximum Gasteiger partial charge on any atom is 0.255 e. The van der Waals surface area contributed by atoms with E-state index in [4.69, 9.17) is 21.6 Å². The van der Waals surface area contributed by atoms with E-state index in [0.29, 0.717) is 39.2 Å². The third kappa shape index (κ3) is 7.38. The zero-order valence-electron chi connectivity index (χ0n) is 30.4. The topological polar surface area (TPSA) is 109 Å². The van der Waals surface area contributed by atoms with E-state index in [1.165, 1.54) is 10.7 Å². The van der Waals surface area contributed by atoms with Gasteiger partial charge < -0.3 is 19.4 Å². The lowest BCUT2D eigenvalue weighted by molar-refractivity contribution is -0.136. The average molecular weight is 753 g/mol. The van der Waals surface area contributed by atoms with Crippen molar-refractivity contribution in [3.63, 3.8) is 0 Å². The molecule has 8 rings (SSSR count). The summed E-state index contributed by atoms with van der Waals surface area (Å²) in [5.41, 5.74) is 2.60. The Bertz CT molecular complexity index is 1960. The van der Waals surface area contributed by atoms with E-state index < -0.39 is 11.9 Å². The maximum atomic E-state index is 15.9. The highest BCUT2D eigenvalue weighted by molar-refractivity contribution is 6.31. The first kappa shape index (κ1) is 36.3. The molecule has 54 heavy (non-hydrogen) atoms. The molecule has 1 N–H and O–H groups in total. The lowest BCUT2D eigenvalue weighted by Crippen LogP contribution is -2.52. The van der Waals surface area contributed by atoms with Gasteiger partial charge in [0.1, 0.15) is 29.5 Å². The first-order valence-electron chi connectivity index (χ1n) is 19.4. The van der Waals surface area contributed by atoms with Gasteiger partial charge in [0.2, 0.25) is 11.8 Å². The van der Waals surface area contributed by atoms with Crippen LogP contribution in [0.2, 0.25) is 5.02 Å². The number of nitrogens with zero attached hydrogens (tertiary/aromatic N) is 5. The predicted octanol–water partition coefficient (Wildman–Crippen LogP) is 6.02. The second-order valence-corrected chi connectivity index (χ2v) is 15.8. The normalized spacial score (nSPS) is 25.2. The number of benzene rings is 2. The van der Waals surface area contributed by atoms with Gasteiger partial charge in [0.25, 0.3) is 5.91 Å². The van der Waals surface area contributed by atoms with Gasteiger partial charge in [0.05, 0.1) is 23.2 Å². The highest BCUT2D eigenvalue weighted by Crippen LogP contribution is 2.36. The summed E-state index contributed by atoms with van der Waals surface area (Å²) >= 11 is 6.23. The third-order valence-electron chi connectivity index (χ3n) is 12.2. The van der Waals surface area contributed by atoms with Crippen LogP contribution in [-0.4, -0.2) is 94.8 Å². The molecule has 0 aromatic heterocycles. The fourth-order valence-corrected chi connectivity index (χ4v) is 9.36. The van der Waals surface area contributed by atoms with Crippen LogP contribution in [0, 0.1) is 23.1 Å². The number of fused-ring (bicyclic) bond motifs is 1. The Balaban J connectivity index is 0.814. The molecule has 0 radical (unpaired) electrons. The van der Waals surface area contributed by atoms with Gasteiger partial charge in [-0.1, -0.05) is 35.9 Å². The molecule has 1 atom stereocenters. The molecule has 2 aromatic carbocycles. The molecule has 2 saturated heterocycles. The minimum Gasteiger partial charge on any atom is -0.490 e. The number of hydrogen-bond acceptors (Lipinski definition) is 8. The van der Waals surface area contributed by atoms with Gasteiger partial charge >= 0.3 is 0 Å². The maximum absolute atomic E-state index is 15.9. The van der Waals surface area contributed by atoms with Crippen molar-refractivity contribution >= 4 is 34.9 Å². The predicted molar refractivity (Wildman–Crippen MR) is 203 cm³/mol. The quantitative estimate of drug-likeness (QED) is 0.327. The van der Waals surface area contributed by atoms with E-state index in [9.17, 15) is 14.4 Å². The Kier molecular flexibility index (Phi) is 10.5. The largest absolute Gasteiger partial charge is 0.490 e. The summed E-state index contributed by atoms with van der Waals surface area (Å²) in [6.07, 6.45) is 16.5. The molecule has 3 amide bonds. The Morgan fingerprint density at radius 2 is 1.72 bits per heavy atom. The van der Waals surface area contributed by atoms with Crippen LogP contribution >= 0.6 is 11.6 Å².